The topological polar surface area (TPSA) is 63.4 Å². The Kier molecular flexibility index (Phi) is 6.22. The van der Waals surface area contributed by atoms with Crippen molar-refractivity contribution in [3.05, 3.63) is 95.7 Å². The van der Waals surface area contributed by atoms with Crippen molar-refractivity contribution in [3.8, 4) is 11.5 Å². The number of hydrogen-bond acceptors (Lipinski definition) is 3. The number of benzene rings is 3. The molecule has 158 valence electrons. The summed E-state index contributed by atoms with van der Waals surface area (Å²) in [6.07, 6.45) is 2.02. The van der Waals surface area contributed by atoms with Crippen molar-refractivity contribution in [2.24, 2.45) is 0 Å². The number of para-hydroxylation sites is 1. The van der Waals surface area contributed by atoms with Gasteiger partial charge >= 0.3 is 0 Å². The quantitative estimate of drug-likeness (QED) is 0.435. The van der Waals surface area contributed by atoms with E-state index in [4.69, 9.17) is 9.47 Å². The molecule has 0 radical (unpaired) electrons. The zero-order valence-corrected chi connectivity index (χ0v) is 17.7. The minimum Gasteiger partial charge on any atom is -0.497 e. The SMILES string of the molecule is COc1ccc([C@@H](CNC(=O)COc2cccc(C)c2)c2c[nH]c3ccccc23)cc1. The maximum atomic E-state index is 12.5. The van der Waals surface area contributed by atoms with Crippen LogP contribution in [-0.4, -0.2) is 31.2 Å². The third-order valence-electron chi connectivity index (χ3n) is 5.38. The predicted octanol–water partition coefficient (Wildman–Crippen LogP) is 4.81. The van der Waals surface area contributed by atoms with E-state index in [0.717, 1.165) is 33.3 Å². The van der Waals surface area contributed by atoms with Crippen molar-refractivity contribution >= 4 is 16.8 Å². The summed E-state index contributed by atoms with van der Waals surface area (Å²) < 4.78 is 10.9. The zero-order valence-electron chi connectivity index (χ0n) is 17.7. The molecule has 0 aliphatic rings. The van der Waals surface area contributed by atoms with Gasteiger partial charge in [0.25, 0.3) is 5.91 Å². The van der Waals surface area contributed by atoms with Gasteiger partial charge in [-0.2, -0.15) is 0 Å². The summed E-state index contributed by atoms with van der Waals surface area (Å²) in [5.74, 6) is 1.33. The smallest absolute Gasteiger partial charge is 0.257 e. The zero-order chi connectivity index (χ0) is 21.6. The lowest BCUT2D eigenvalue weighted by atomic mass is 9.91. The first-order valence-electron chi connectivity index (χ1n) is 10.3. The number of amides is 1. The van der Waals surface area contributed by atoms with Gasteiger partial charge in [-0.05, 0) is 53.9 Å². The average molecular weight is 415 g/mol. The van der Waals surface area contributed by atoms with Crippen molar-refractivity contribution < 1.29 is 14.3 Å². The number of methoxy groups -OCH3 is 1. The summed E-state index contributed by atoms with van der Waals surface area (Å²) in [6, 6.07) is 23.8. The van der Waals surface area contributed by atoms with Crippen LogP contribution < -0.4 is 14.8 Å². The van der Waals surface area contributed by atoms with Crippen LogP contribution in [0.2, 0.25) is 0 Å². The van der Waals surface area contributed by atoms with Crippen LogP contribution in [0.3, 0.4) is 0 Å². The lowest BCUT2D eigenvalue weighted by Crippen LogP contribution is -2.32. The molecular formula is C26H26N2O3. The first kappa shape index (κ1) is 20.5. The third kappa shape index (κ3) is 4.89. The summed E-state index contributed by atoms with van der Waals surface area (Å²) in [5, 5.41) is 4.19. The molecule has 0 saturated carbocycles. The summed E-state index contributed by atoms with van der Waals surface area (Å²) >= 11 is 0. The van der Waals surface area contributed by atoms with E-state index in [1.807, 2.05) is 73.8 Å². The number of rotatable bonds is 8. The molecule has 0 bridgehead atoms. The van der Waals surface area contributed by atoms with Gasteiger partial charge in [0.1, 0.15) is 11.5 Å². The van der Waals surface area contributed by atoms with Gasteiger partial charge in [0.15, 0.2) is 6.61 Å². The molecule has 3 aromatic carbocycles. The lowest BCUT2D eigenvalue weighted by Gasteiger charge is -2.19. The van der Waals surface area contributed by atoms with E-state index >= 15 is 0 Å². The highest BCUT2D eigenvalue weighted by Crippen LogP contribution is 2.31. The largest absolute Gasteiger partial charge is 0.497 e. The van der Waals surface area contributed by atoms with Crippen molar-refractivity contribution in [3.63, 3.8) is 0 Å². The van der Waals surface area contributed by atoms with Gasteiger partial charge in [-0.15, -0.1) is 0 Å². The van der Waals surface area contributed by atoms with Crippen LogP contribution in [0.5, 0.6) is 11.5 Å². The Labute approximate surface area is 182 Å². The molecule has 1 atom stereocenters. The molecule has 31 heavy (non-hydrogen) atoms. The highest BCUT2D eigenvalue weighted by Gasteiger charge is 2.19. The van der Waals surface area contributed by atoms with Crippen LogP contribution >= 0.6 is 0 Å². The molecular weight excluding hydrogens is 388 g/mol. The number of aryl methyl sites for hydroxylation is 1. The molecule has 0 aliphatic carbocycles. The fraction of sp³-hybridized carbons (Fsp3) is 0.192. The van der Waals surface area contributed by atoms with Crippen LogP contribution in [0, 0.1) is 6.92 Å². The number of H-pyrrole nitrogens is 1. The summed E-state index contributed by atoms with van der Waals surface area (Å²) in [4.78, 5) is 15.8. The second-order valence-electron chi connectivity index (χ2n) is 7.52. The van der Waals surface area contributed by atoms with Gasteiger partial charge < -0.3 is 19.8 Å². The maximum Gasteiger partial charge on any atom is 0.257 e. The summed E-state index contributed by atoms with van der Waals surface area (Å²) in [7, 11) is 1.65. The molecule has 1 heterocycles. The molecule has 0 spiro atoms. The number of ether oxygens (including phenoxy) is 2. The van der Waals surface area contributed by atoms with E-state index in [2.05, 4.69) is 22.4 Å². The molecule has 0 aliphatic heterocycles. The molecule has 0 fully saturated rings. The molecule has 5 heteroatoms. The van der Waals surface area contributed by atoms with Gasteiger partial charge in [0.2, 0.25) is 0 Å². The van der Waals surface area contributed by atoms with E-state index in [9.17, 15) is 4.79 Å². The van der Waals surface area contributed by atoms with Gasteiger partial charge in [0.05, 0.1) is 7.11 Å². The maximum absolute atomic E-state index is 12.5. The molecule has 4 rings (SSSR count). The Morgan fingerprint density at radius 3 is 2.58 bits per heavy atom. The van der Waals surface area contributed by atoms with Crippen LogP contribution in [0.15, 0.2) is 79.0 Å². The minimum absolute atomic E-state index is 0.00928. The van der Waals surface area contributed by atoms with Crippen molar-refractivity contribution in [2.75, 3.05) is 20.3 Å². The Morgan fingerprint density at radius 2 is 1.81 bits per heavy atom. The predicted molar refractivity (Wildman–Crippen MR) is 123 cm³/mol. The fourth-order valence-electron chi connectivity index (χ4n) is 3.75. The molecule has 0 saturated heterocycles. The molecule has 1 amide bonds. The standard InChI is InChI=1S/C26H26N2O3/c1-18-6-5-7-21(14-18)31-17-26(29)28-15-23(19-10-12-20(30-2)13-11-19)24-16-27-25-9-4-3-8-22(24)25/h3-14,16,23,27H,15,17H2,1-2H3,(H,28,29)/t23-/m1/s1. The number of nitrogens with one attached hydrogen (secondary N) is 2. The van der Waals surface area contributed by atoms with Gasteiger partial charge in [0, 0.05) is 29.6 Å². The molecule has 1 aromatic heterocycles. The first-order chi connectivity index (χ1) is 15.1. The van der Waals surface area contributed by atoms with E-state index in [1.54, 1.807) is 7.11 Å². The van der Waals surface area contributed by atoms with Crippen molar-refractivity contribution in [2.45, 2.75) is 12.8 Å². The number of aromatic nitrogens is 1. The van der Waals surface area contributed by atoms with E-state index < -0.39 is 0 Å². The first-order valence-corrected chi connectivity index (χ1v) is 10.3. The third-order valence-corrected chi connectivity index (χ3v) is 5.38. The van der Waals surface area contributed by atoms with E-state index in [1.165, 1.54) is 0 Å². The second-order valence-corrected chi connectivity index (χ2v) is 7.52. The summed E-state index contributed by atoms with van der Waals surface area (Å²) in [6.45, 7) is 2.43. The van der Waals surface area contributed by atoms with Gasteiger partial charge in [-0.25, -0.2) is 0 Å². The fourth-order valence-corrected chi connectivity index (χ4v) is 3.75. The van der Waals surface area contributed by atoms with Crippen LogP contribution in [-0.2, 0) is 4.79 Å². The van der Waals surface area contributed by atoms with E-state index in [-0.39, 0.29) is 18.4 Å². The number of carbonyl (C=O) groups is 1. The van der Waals surface area contributed by atoms with Crippen LogP contribution in [0.25, 0.3) is 10.9 Å². The number of fused-ring (bicyclic) bond motifs is 1. The normalized spacial score (nSPS) is 11.8. The highest BCUT2D eigenvalue weighted by atomic mass is 16.5. The molecule has 2 N–H and O–H groups in total. The molecule has 5 nitrogen and oxygen atoms in total. The second kappa shape index (κ2) is 9.39. The average Bonchev–Trinajstić information content (AvgIpc) is 3.22. The van der Waals surface area contributed by atoms with Gasteiger partial charge in [-0.1, -0.05) is 42.5 Å². The van der Waals surface area contributed by atoms with Crippen molar-refractivity contribution in [1.29, 1.82) is 0 Å². The Bertz CT molecular complexity index is 1160. The highest BCUT2D eigenvalue weighted by molar-refractivity contribution is 5.84. The molecule has 4 aromatic rings. The lowest BCUT2D eigenvalue weighted by molar-refractivity contribution is -0.123. The Morgan fingerprint density at radius 1 is 1.00 bits per heavy atom. The van der Waals surface area contributed by atoms with Gasteiger partial charge in [-0.3, -0.25) is 4.79 Å². The molecule has 0 unspecified atom stereocenters. The van der Waals surface area contributed by atoms with Crippen LogP contribution in [0.4, 0.5) is 0 Å². The van der Waals surface area contributed by atoms with Crippen molar-refractivity contribution in [1.82, 2.24) is 10.3 Å². The summed E-state index contributed by atoms with van der Waals surface area (Å²) in [5.41, 5.74) is 4.41. The number of carbonyl (C=O) groups excluding carboxylic acids is 1. The van der Waals surface area contributed by atoms with E-state index in [0.29, 0.717) is 12.3 Å². The monoisotopic (exact) mass is 414 g/mol. The number of aromatic amines is 1. The Balaban J connectivity index is 1.51. The number of hydrogen-bond donors (Lipinski definition) is 2. The Hall–Kier alpha value is -3.73. The van der Waals surface area contributed by atoms with Crippen LogP contribution in [0.1, 0.15) is 22.6 Å². The minimum atomic E-state index is -0.153.